The molecule has 0 amide bonds. The highest BCUT2D eigenvalue weighted by molar-refractivity contribution is 6.12. The lowest BCUT2D eigenvalue weighted by Crippen LogP contribution is -2.33. The van der Waals surface area contributed by atoms with Crippen LogP contribution < -0.4 is 0 Å². The fraction of sp³-hybridized carbons (Fsp3) is 0.312. The van der Waals surface area contributed by atoms with Gasteiger partial charge in [0.15, 0.2) is 11.6 Å². The first-order valence-corrected chi connectivity index (χ1v) is 6.53. The van der Waals surface area contributed by atoms with Gasteiger partial charge in [0.25, 0.3) is 0 Å². The van der Waals surface area contributed by atoms with Crippen molar-refractivity contribution in [3.63, 3.8) is 0 Å². The molecule has 0 heterocycles. The average Bonchev–Trinajstić information content (AvgIpc) is 2.48. The highest BCUT2D eigenvalue weighted by Gasteiger charge is 2.30. The molecule has 0 fully saturated rings. The Morgan fingerprint density at radius 1 is 1.40 bits per heavy atom. The SMILES string of the molecule is CCOC1(OC)C=CC(C(=O)c2ccccc2O)=CC1. The van der Waals surface area contributed by atoms with Gasteiger partial charge in [0, 0.05) is 25.7 Å². The zero-order chi connectivity index (χ0) is 14.6. The monoisotopic (exact) mass is 274 g/mol. The second kappa shape index (κ2) is 6.03. The van der Waals surface area contributed by atoms with E-state index >= 15 is 0 Å². The summed E-state index contributed by atoms with van der Waals surface area (Å²) >= 11 is 0. The second-order valence-electron chi connectivity index (χ2n) is 4.49. The van der Waals surface area contributed by atoms with Crippen molar-refractivity contribution in [1.82, 2.24) is 0 Å². The molecule has 1 aliphatic rings. The number of rotatable bonds is 5. The van der Waals surface area contributed by atoms with Crippen LogP contribution in [0.2, 0.25) is 0 Å². The summed E-state index contributed by atoms with van der Waals surface area (Å²) in [4.78, 5) is 12.3. The van der Waals surface area contributed by atoms with Crippen LogP contribution in [0.5, 0.6) is 5.75 Å². The van der Waals surface area contributed by atoms with Crippen molar-refractivity contribution in [2.24, 2.45) is 0 Å². The molecule has 2 rings (SSSR count). The van der Waals surface area contributed by atoms with Crippen LogP contribution in [0.4, 0.5) is 0 Å². The zero-order valence-corrected chi connectivity index (χ0v) is 11.6. The minimum atomic E-state index is -0.794. The lowest BCUT2D eigenvalue weighted by atomic mass is 9.95. The molecule has 1 aromatic rings. The summed E-state index contributed by atoms with van der Waals surface area (Å²) < 4.78 is 10.9. The predicted molar refractivity (Wildman–Crippen MR) is 75.6 cm³/mol. The number of para-hydroxylation sites is 1. The molecule has 0 radical (unpaired) electrons. The number of Topliss-reactive ketones (excluding diaryl/α,β-unsaturated/α-hetero) is 1. The number of benzene rings is 1. The van der Waals surface area contributed by atoms with E-state index in [0.29, 0.717) is 24.2 Å². The summed E-state index contributed by atoms with van der Waals surface area (Å²) in [7, 11) is 1.57. The number of hydrogen-bond acceptors (Lipinski definition) is 4. The van der Waals surface area contributed by atoms with Crippen molar-refractivity contribution in [3.05, 3.63) is 53.6 Å². The maximum absolute atomic E-state index is 12.3. The van der Waals surface area contributed by atoms with Crippen molar-refractivity contribution >= 4 is 5.78 Å². The van der Waals surface area contributed by atoms with Crippen molar-refractivity contribution in [3.8, 4) is 5.75 Å². The van der Waals surface area contributed by atoms with E-state index in [-0.39, 0.29) is 11.5 Å². The van der Waals surface area contributed by atoms with E-state index in [1.54, 1.807) is 43.5 Å². The van der Waals surface area contributed by atoms with Gasteiger partial charge < -0.3 is 14.6 Å². The van der Waals surface area contributed by atoms with E-state index in [4.69, 9.17) is 9.47 Å². The Bertz CT molecular complexity index is 559. The van der Waals surface area contributed by atoms with Gasteiger partial charge in [-0.15, -0.1) is 0 Å². The first-order valence-electron chi connectivity index (χ1n) is 6.53. The van der Waals surface area contributed by atoms with Crippen LogP contribution in [0, 0.1) is 0 Å². The van der Waals surface area contributed by atoms with Crippen LogP contribution in [0.1, 0.15) is 23.7 Å². The molecule has 1 N–H and O–H groups in total. The molecule has 106 valence electrons. The molecule has 0 aliphatic heterocycles. The molecule has 0 saturated heterocycles. The number of phenols is 1. The Morgan fingerprint density at radius 2 is 2.15 bits per heavy atom. The van der Waals surface area contributed by atoms with E-state index in [1.165, 1.54) is 6.07 Å². The topological polar surface area (TPSA) is 55.8 Å². The predicted octanol–water partition coefficient (Wildman–Crippen LogP) is 2.84. The molecular weight excluding hydrogens is 256 g/mol. The summed E-state index contributed by atoms with van der Waals surface area (Å²) in [5.41, 5.74) is 0.823. The largest absolute Gasteiger partial charge is 0.507 e. The molecule has 0 spiro atoms. The average molecular weight is 274 g/mol. The number of hydrogen-bond donors (Lipinski definition) is 1. The van der Waals surface area contributed by atoms with Crippen molar-refractivity contribution in [2.75, 3.05) is 13.7 Å². The van der Waals surface area contributed by atoms with Crippen LogP contribution in [0.15, 0.2) is 48.1 Å². The number of methoxy groups -OCH3 is 1. The third-order valence-electron chi connectivity index (χ3n) is 3.27. The Hall–Kier alpha value is -1.91. The van der Waals surface area contributed by atoms with Gasteiger partial charge in [0.1, 0.15) is 5.75 Å². The summed E-state index contributed by atoms with van der Waals surface area (Å²) in [6.45, 7) is 2.41. The molecule has 0 saturated carbocycles. The quantitative estimate of drug-likeness (QED) is 0.662. The Balaban J connectivity index is 2.19. The van der Waals surface area contributed by atoms with Crippen molar-refractivity contribution in [2.45, 2.75) is 19.1 Å². The van der Waals surface area contributed by atoms with Crippen LogP contribution in [0.3, 0.4) is 0 Å². The van der Waals surface area contributed by atoms with E-state index in [2.05, 4.69) is 0 Å². The molecule has 4 nitrogen and oxygen atoms in total. The van der Waals surface area contributed by atoms with E-state index in [9.17, 15) is 9.90 Å². The highest BCUT2D eigenvalue weighted by atomic mass is 16.7. The molecule has 1 aromatic carbocycles. The zero-order valence-electron chi connectivity index (χ0n) is 11.6. The van der Waals surface area contributed by atoms with Gasteiger partial charge in [0.05, 0.1) is 5.56 Å². The van der Waals surface area contributed by atoms with Crippen LogP contribution >= 0.6 is 0 Å². The maximum atomic E-state index is 12.3. The number of carbonyl (C=O) groups excluding carboxylic acids is 1. The molecule has 0 bridgehead atoms. The summed E-state index contributed by atoms with van der Waals surface area (Å²) in [5, 5.41) is 9.72. The van der Waals surface area contributed by atoms with Crippen LogP contribution in [-0.4, -0.2) is 30.4 Å². The fourth-order valence-corrected chi connectivity index (χ4v) is 2.16. The standard InChI is InChI=1S/C16H18O4/c1-3-20-16(19-2)10-8-12(9-11-16)15(18)13-6-4-5-7-14(13)17/h4-10,17H,3,11H2,1-2H3. The van der Waals surface area contributed by atoms with E-state index in [1.807, 2.05) is 6.92 Å². The molecule has 4 heteroatoms. The van der Waals surface area contributed by atoms with Gasteiger partial charge in [-0.3, -0.25) is 4.79 Å². The Labute approximate surface area is 118 Å². The Morgan fingerprint density at radius 3 is 2.70 bits per heavy atom. The van der Waals surface area contributed by atoms with E-state index in [0.717, 1.165) is 0 Å². The van der Waals surface area contributed by atoms with Crippen molar-refractivity contribution in [1.29, 1.82) is 0 Å². The smallest absolute Gasteiger partial charge is 0.196 e. The molecule has 1 aliphatic carbocycles. The minimum absolute atomic E-state index is 0.0137. The van der Waals surface area contributed by atoms with Crippen LogP contribution in [-0.2, 0) is 9.47 Å². The van der Waals surface area contributed by atoms with Gasteiger partial charge >= 0.3 is 0 Å². The normalized spacial score (nSPS) is 21.6. The number of ether oxygens (including phenoxy) is 2. The molecule has 0 aromatic heterocycles. The van der Waals surface area contributed by atoms with Gasteiger partial charge in [-0.1, -0.05) is 24.3 Å². The lowest BCUT2D eigenvalue weighted by molar-refractivity contribution is -0.183. The van der Waals surface area contributed by atoms with Crippen LogP contribution in [0.25, 0.3) is 0 Å². The summed E-state index contributed by atoms with van der Waals surface area (Å²) in [6.07, 6.45) is 5.65. The van der Waals surface area contributed by atoms with E-state index < -0.39 is 5.79 Å². The second-order valence-corrected chi connectivity index (χ2v) is 4.49. The number of aromatic hydroxyl groups is 1. The maximum Gasteiger partial charge on any atom is 0.196 e. The molecular formula is C16H18O4. The third kappa shape index (κ3) is 2.81. The number of carbonyl (C=O) groups is 1. The summed E-state index contributed by atoms with van der Waals surface area (Å²) in [5.74, 6) is -1.02. The number of ketones is 1. The summed E-state index contributed by atoms with van der Waals surface area (Å²) in [6, 6.07) is 6.51. The fourth-order valence-electron chi connectivity index (χ4n) is 2.16. The molecule has 20 heavy (non-hydrogen) atoms. The van der Waals surface area contributed by atoms with Crippen molar-refractivity contribution < 1.29 is 19.4 Å². The molecule has 1 atom stereocenters. The minimum Gasteiger partial charge on any atom is -0.507 e. The third-order valence-corrected chi connectivity index (χ3v) is 3.27. The van der Waals surface area contributed by atoms with Gasteiger partial charge in [0.2, 0.25) is 0 Å². The first-order chi connectivity index (χ1) is 9.62. The van der Waals surface area contributed by atoms with Gasteiger partial charge in [-0.2, -0.15) is 0 Å². The number of allylic oxidation sites excluding steroid dienone is 2. The molecule has 1 unspecified atom stereocenters. The lowest BCUT2D eigenvalue weighted by Gasteiger charge is -2.30. The van der Waals surface area contributed by atoms with Gasteiger partial charge in [-0.05, 0) is 25.1 Å². The Kier molecular flexibility index (Phi) is 4.37. The van der Waals surface area contributed by atoms with Gasteiger partial charge in [-0.25, -0.2) is 0 Å². The first kappa shape index (κ1) is 14.5. The number of phenolic OH excluding ortho intramolecular Hbond substituents is 1. The highest BCUT2D eigenvalue weighted by Crippen LogP contribution is 2.28.